The lowest BCUT2D eigenvalue weighted by Crippen LogP contribution is -2.32. The summed E-state index contributed by atoms with van der Waals surface area (Å²) in [6, 6.07) is 11.2. The number of hydrogen-bond donors (Lipinski definition) is 0. The van der Waals surface area contributed by atoms with Gasteiger partial charge in [-0.1, -0.05) is 12.1 Å². The average molecular weight is 366 g/mol. The number of likely N-dealkylation sites (tertiary alicyclic amines) is 1. The van der Waals surface area contributed by atoms with E-state index in [9.17, 15) is 9.59 Å². The zero-order valence-corrected chi connectivity index (χ0v) is 15.5. The van der Waals surface area contributed by atoms with Gasteiger partial charge in [-0.25, -0.2) is 9.78 Å². The molecule has 0 radical (unpaired) electrons. The summed E-state index contributed by atoms with van der Waals surface area (Å²) in [6.45, 7) is 1.17. The summed E-state index contributed by atoms with van der Waals surface area (Å²) < 4.78 is 8.57. The van der Waals surface area contributed by atoms with Crippen LogP contribution in [-0.4, -0.2) is 45.1 Å². The summed E-state index contributed by atoms with van der Waals surface area (Å²) in [5.41, 5.74) is 2.32. The Kier molecular flexibility index (Phi) is 4.43. The van der Waals surface area contributed by atoms with Gasteiger partial charge in [0.1, 0.15) is 5.75 Å². The number of carbonyl (C=O) groups excluding carboxylic acids is 1. The summed E-state index contributed by atoms with van der Waals surface area (Å²) in [7, 11) is 3.37. The Balaban J connectivity index is 1.53. The van der Waals surface area contributed by atoms with E-state index in [4.69, 9.17) is 4.74 Å². The second-order valence-electron chi connectivity index (χ2n) is 6.87. The number of rotatable bonds is 4. The molecule has 3 aromatic rings. The molecule has 1 aliphatic heterocycles. The molecular weight excluding hydrogens is 344 g/mol. The van der Waals surface area contributed by atoms with E-state index < -0.39 is 0 Å². The van der Waals surface area contributed by atoms with Crippen LogP contribution in [0.25, 0.3) is 11.2 Å². The first-order valence-electron chi connectivity index (χ1n) is 9.01. The molecular formula is C20H22N4O3. The molecule has 27 heavy (non-hydrogen) atoms. The van der Waals surface area contributed by atoms with E-state index in [0.717, 1.165) is 23.3 Å². The SMILES string of the molecule is COc1cccc(CC(=O)N2CC[C@@H](n3c(=O)n(C)c4cccnc43)C2)c1. The first-order chi connectivity index (χ1) is 13.1. The fourth-order valence-electron chi connectivity index (χ4n) is 3.77. The second-order valence-corrected chi connectivity index (χ2v) is 6.87. The number of carbonyl (C=O) groups is 1. The van der Waals surface area contributed by atoms with Gasteiger partial charge in [0.2, 0.25) is 5.91 Å². The van der Waals surface area contributed by atoms with Crippen LogP contribution in [0.15, 0.2) is 47.4 Å². The lowest BCUT2D eigenvalue weighted by Gasteiger charge is -2.17. The molecule has 0 N–H and O–H groups in total. The third kappa shape index (κ3) is 3.09. The van der Waals surface area contributed by atoms with Gasteiger partial charge < -0.3 is 9.64 Å². The van der Waals surface area contributed by atoms with E-state index in [1.807, 2.05) is 41.3 Å². The van der Waals surface area contributed by atoms with E-state index in [0.29, 0.717) is 25.2 Å². The fraction of sp³-hybridized carbons (Fsp3) is 0.350. The van der Waals surface area contributed by atoms with Gasteiger partial charge >= 0.3 is 5.69 Å². The Morgan fingerprint density at radius 3 is 2.96 bits per heavy atom. The molecule has 1 amide bonds. The highest BCUT2D eigenvalue weighted by Gasteiger charge is 2.30. The van der Waals surface area contributed by atoms with Crippen molar-refractivity contribution in [3.8, 4) is 5.75 Å². The monoisotopic (exact) mass is 366 g/mol. The van der Waals surface area contributed by atoms with Crippen molar-refractivity contribution in [2.45, 2.75) is 18.9 Å². The molecule has 1 saturated heterocycles. The minimum atomic E-state index is -0.0872. The molecule has 1 aromatic carbocycles. The van der Waals surface area contributed by atoms with Gasteiger partial charge in [0.25, 0.3) is 0 Å². The summed E-state index contributed by atoms with van der Waals surface area (Å²) in [4.78, 5) is 31.6. The largest absolute Gasteiger partial charge is 0.497 e. The number of ether oxygens (including phenoxy) is 1. The van der Waals surface area contributed by atoms with Crippen LogP contribution in [0.2, 0.25) is 0 Å². The van der Waals surface area contributed by atoms with Crippen LogP contribution in [-0.2, 0) is 18.3 Å². The van der Waals surface area contributed by atoms with E-state index in [2.05, 4.69) is 4.98 Å². The first-order valence-corrected chi connectivity index (χ1v) is 9.01. The molecule has 1 fully saturated rings. The van der Waals surface area contributed by atoms with Crippen molar-refractivity contribution >= 4 is 17.1 Å². The minimum Gasteiger partial charge on any atom is -0.497 e. The van der Waals surface area contributed by atoms with Gasteiger partial charge in [0.15, 0.2) is 5.65 Å². The number of fused-ring (bicyclic) bond motifs is 1. The van der Waals surface area contributed by atoms with Crippen molar-refractivity contribution in [3.63, 3.8) is 0 Å². The van der Waals surface area contributed by atoms with Crippen molar-refractivity contribution in [2.24, 2.45) is 7.05 Å². The maximum atomic E-state index is 12.7. The van der Waals surface area contributed by atoms with Crippen LogP contribution in [0.3, 0.4) is 0 Å². The Morgan fingerprint density at radius 2 is 2.15 bits per heavy atom. The Morgan fingerprint density at radius 1 is 1.30 bits per heavy atom. The quantitative estimate of drug-likeness (QED) is 0.706. The molecule has 140 valence electrons. The van der Waals surface area contributed by atoms with Gasteiger partial charge in [-0.2, -0.15) is 0 Å². The number of nitrogens with zero attached hydrogens (tertiary/aromatic N) is 4. The predicted octanol–water partition coefficient (Wildman–Crippen LogP) is 1.76. The lowest BCUT2D eigenvalue weighted by molar-refractivity contribution is -0.129. The average Bonchev–Trinajstić information content (AvgIpc) is 3.26. The maximum absolute atomic E-state index is 12.7. The smallest absolute Gasteiger partial charge is 0.330 e. The number of pyridine rings is 1. The molecule has 3 heterocycles. The number of aromatic nitrogens is 3. The standard InChI is InChI=1S/C20H22N4O3/c1-22-17-7-4-9-21-19(17)24(20(22)26)15-8-10-23(13-15)18(25)12-14-5-3-6-16(11-14)27-2/h3-7,9,11,15H,8,10,12-13H2,1-2H3/t15-/m1/s1. The number of aryl methyl sites for hydroxylation is 1. The van der Waals surface area contributed by atoms with Crippen molar-refractivity contribution in [2.75, 3.05) is 20.2 Å². The van der Waals surface area contributed by atoms with Gasteiger partial charge in [-0.3, -0.25) is 13.9 Å². The Hall–Kier alpha value is -3.09. The molecule has 7 heteroatoms. The highest BCUT2D eigenvalue weighted by Crippen LogP contribution is 2.24. The van der Waals surface area contributed by atoms with E-state index >= 15 is 0 Å². The van der Waals surface area contributed by atoms with Gasteiger partial charge in [0, 0.05) is 26.3 Å². The summed E-state index contributed by atoms with van der Waals surface area (Å²) in [5, 5.41) is 0. The summed E-state index contributed by atoms with van der Waals surface area (Å²) >= 11 is 0. The molecule has 4 rings (SSSR count). The maximum Gasteiger partial charge on any atom is 0.330 e. The van der Waals surface area contributed by atoms with Crippen LogP contribution in [0, 0.1) is 0 Å². The zero-order chi connectivity index (χ0) is 19.0. The highest BCUT2D eigenvalue weighted by atomic mass is 16.5. The van der Waals surface area contributed by atoms with Gasteiger partial charge in [-0.05, 0) is 36.2 Å². The first kappa shape index (κ1) is 17.3. The molecule has 1 atom stereocenters. The van der Waals surface area contributed by atoms with Gasteiger partial charge in [-0.15, -0.1) is 0 Å². The summed E-state index contributed by atoms with van der Waals surface area (Å²) in [5.74, 6) is 0.806. The van der Waals surface area contributed by atoms with E-state index in [-0.39, 0.29) is 17.6 Å². The van der Waals surface area contributed by atoms with Gasteiger partial charge in [0.05, 0.1) is 25.1 Å². The lowest BCUT2D eigenvalue weighted by atomic mass is 10.1. The Bertz CT molecular complexity index is 1050. The predicted molar refractivity (Wildman–Crippen MR) is 102 cm³/mol. The normalized spacial score (nSPS) is 16.8. The minimum absolute atomic E-state index is 0.0506. The number of benzene rings is 1. The zero-order valence-electron chi connectivity index (χ0n) is 15.5. The number of imidazole rings is 1. The fourth-order valence-corrected chi connectivity index (χ4v) is 3.77. The highest BCUT2D eigenvalue weighted by molar-refractivity contribution is 5.79. The van der Waals surface area contributed by atoms with Crippen molar-refractivity contribution in [1.29, 1.82) is 0 Å². The Labute approximate surface area is 156 Å². The molecule has 2 aromatic heterocycles. The third-order valence-electron chi connectivity index (χ3n) is 5.22. The van der Waals surface area contributed by atoms with Crippen LogP contribution in [0.4, 0.5) is 0 Å². The molecule has 0 unspecified atom stereocenters. The summed E-state index contributed by atoms with van der Waals surface area (Å²) in [6.07, 6.45) is 2.77. The third-order valence-corrected chi connectivity index (χ3v) is 5.22. The van der Waals surface area contributed by atoms with Crippen LogP contribution in [0.5, 0.6) is 5.75 Å². The molecule has 1 aliphatic rings. The number of hydrogen-bond acceptors (Lipinski definition) is 4. The van der Waals surface area contributed by atoms with Crippen LogP contribution in [0.1, 0.15) is 18.0 Å². The molecule has 0 saturated carbocycles. The topological polar surface area (TPSA) is 69.4 Å². The second kappa shape index (κ2) is 6.90. The van der Waals surface area contributed by atoms with Crippen molar-refractivity contribution in [1.82, 2.24) is 19.0 Å². The molecule has 0 bridgehead atoms. The van der Waals surface area contributed by atoms with Crippen LogP contribution < -0.4 is 10.4 Å². The van der Waals surface area contributed by atoms with Crippen molar-refractivity contribution < 1.29 is 9.53 Å². The molecule has 0 spiro atoms. The van der Waals surface area contributed by atoms with E-state index in [1.54, 1.807) is 29.5 Å². The number of methoxy groups -OCH3 is 1. The molecule has 7 nitrogen and oxygen atoms in total. The van der Waals surface area contributed by atoms with Crippen molar-refractivity contribution in [3.05, 3.63) is 58.6 Å². The number of amides is 1. The van der Waals surface area contributed by atoms with Crippen LogP contribution >= 0.6 is 0 Å². The van der Waals surface area contributed by atoms with E-state index in [1.165, 1.54) is 0 Å². The molecule has 0 aliphatic carbocycles.